The molecule has 5 N–H and O–H groups in total. The Morgan fingerprint density at radius 3 is 2.86 bits per heavy atom. The van der Waals surface area contributed by atoms with Crippen LogP contribution in [0.4, 0.5) is 0 Å². The molecule has 0 spiro atoms. The van der Waals surface area contributed by atoms with E-state index >= 15 is 0 Å². The van der Waals surface area contributed by atoms with Gasteiger partial charge < -0.3 is 21.5 Å². The number of nitrogens with one attached hydrogen (secondary N) is 2. The van der Waals surface area contributed by atoms with Gasteiger partial charge in [0.25, 0.3) is 0 Å². The summed E-state index contributed by atoms with van der Waals surface area (Å²) in [5.74, 6) is -0.150. The van der Waals surface area contributed by atoms with Crippen molar-refractivity contribution in [2.75, 3.05) is 13.1 Å². The quantitative estimate of drug-likeness (QED) is 0.474. The molecule has 1 aliphatic rings. The Morgan fingerprint density at radius 1 is 1.79 bits per heavy atom. The zero-order valence-electron chi connectivity index (χ0n) is 8.19. The van der Waals surface area contributed by atoms with Crippen LogP contribution in [0.25, 0.3) is 0 Å². The Balaban J connectivity index is 0.00000169. The van der Waals surface area contributed by atoms with Crippen LogP contribution in [0.15, 0.2) is 0 Å². The summed E-state index contributed by atoms with van der Waals surface area (Å²) in [5, 5.41) is 15.0. The predicted molar refractivity (Wildman–Crippen MR) is 56.3 cm³/mol. The highest BCUT2D eigenvalue weighted by molar-refractivity contribution is 5.85. The first-order valence-corrected chi connectivity index (χ1v) is 4.54. The Hall–Kier alpha value is -0.360. The average molecular weight is 224 g/mol. The van der Waals surface area contributed by atoms with Crippen molar-refractivity contribution in [2.45, 2.75) is 31.5 Å². The second-order valence-corrected chi connectivity index (χ2v) is 3.53. The van der Waals surface area contributed by atoms with E-state index in [9.17, 15) is 9.90 Å². The molecule has 1 saturated heterocycles. The summed E-state index contributed by atoms with van der Waals surface area (Å²) in [7, 11) is 0. The maximum atomic E-state index is 11.1. The molecule has 84 valence electrons. The summed E-state index contributed by atoms with van der Waals surface area (Å²) in [4.78, 5) is 11.1. The van der Waals surface area contributed by atoms with Crippen LogP contribution in [0.3, 0.4) is 0 Å². The zero-order chi connectivity index (χ0) is 9.84. The van der Waals surface area contributed by atoms with E-state index in [2.05, 4.69) is 10.6 Å². The van der Waals surface area contributed by atoms with E-state index in [0.29, 0.717) is 19.5 Å². The number of hydrogen-bond acceptors (Lipinski definition) is 4. The molecule has 14 heavy (non-hydrogen) atoms. The van der Waals surface area contributed by atoms with Crippen molar-refractivity contribution in [3.05, 3.63) is 0 Å². The third-order valence-corrected chi connectivity index (χ3v) is 2.14. The molecule has 5 nitrogen and oxygen atoms in total. The van der Waals surface area contributed by atoms with Crippen molar-refractivity contribution in [3.8, 4) is 0 Å². The fourth-order valence-corrected chi connectivity index (χ4v) is 1.34. The minimum Gasteiger partial charge on any atom is -0.392 e. The van der Waals surface area contributed by atoms with E-state index in [0.717, 1.165) is 0 Å². The van der Waals surface area contributed by atoms with Gasteiger partial charge in [0.2, 0.25) is 5.91 Å². The van der Waals surface area contributed by atoms with Crippen molar-refractivity contribution in [2.24, 2.45) is 5.73 Å². The van der Waals surface area contributed by atoms with Crippen LogP contribution < -0.4 is 16.4 Å². The molecular formula is C8H18ClN3O2. The first kappa shape index (κ1) is 13.6. The van der Waals surface area contributed by atoms with E-state index < -0.39 is 6.04 Å². The van der Waals surface area contributed by atoms with E-state index in [1.165, 1.54) is 0 Å². The maximum Gasteiger partial charge on any atom is 0.236 e. The second kappa shape index (κ2) is 6.19. The lowest BCUT2D eigenvalue weighted by Gasteiger charge is -2.12. The van der Waals surface area contributed by atoms with E-state index in [-0.39, 0.29) is 30.5 Å². The first-order chi connectivity index (χ1) is 6.09. The molecule has 0 aromatic rings. The highest BCUT2D eigenvalue weighted by Crippen LogP contribution is 2.04. The average Bonchev–Trinajstić information content (AvgIpc) is 2.47. The van der Waals surface area contributed by atoms with E-state index in [4.69, 9.17) is 5.73 Å². The van der Waals surface area contributed by atoms with Gasteiger partial charge in [-0.1, -0.05) is 0 Å². The predicted octanol–water partition coefficient (Wildman–Crippen LogP) is -1.41. The molecular weight excluding hydrogens is 206 g/mol. The van der Waals surface area contributed by atoms with E-state index in [1.807, 2.05) is 0 Å². The molecule has 1 rings (SSSR count). The van der Waals surface area contributed by atoms with Crippen molar-refractivity contribution < 1.29 is 9.90 Å². The van der Waals surface area contributed by atoms with Crippen LogP contribution in [0, 0.1) is 0 Å². The third-order valence-electron chi connectivity index (χ3n) is 2.14. The van der Waals surface area contributed by atoms with Crippen molar-refractivity contribution in [3.63, 3.8) is 0 Å². The van der Waals surface area contributed by atoms with Gasteiger partial charge in [-0.05, 0) is 13.3 Å². The number of amides is 1. The monoisotopic (exact) mass is 223 g/mol. The minimum absolute atomic E-state index is 0. The lowest BCUT2D eigenvalue weighted by atomic mass is 10.2. The molecule has 6 heteroatoms. The Kier molecular flexibility index (Phi) is 6.03. The van der Waals surface area contributed by atoms with Gasteiger partial charge in [0.05, 0.1) is 12.1 Å². The van der Waals surface area contributed by atoms with Crippen LogP contribution in [-0.4, -0.2) is 42.3 Å². The summed E-state index contributed by atoms with van der Waals surface area (Å²) in [5.41, 5.74) is 5.37. The number of hydrogen-bond donors (Lipinski definition) is 4. The molecule has 1 fully saturated rings. The normalized spacial score (nSPS) is 27.9. The Labute approximate surface area is 89.8 Å². The number of nitrogens with two attached hydrogens (primary N) is 1. The molecule has 0 aromatic heterocycles. The summed E-state index contributed by atoms with van der Waals surface area (Å²) >= 11 is 0. The smallest absolute Gasteiger partial charge is 0.236 e. The molecule has 0 saturated carbocycles. The zero-order valence-corrected chi connectivity index (χ0v) is 9.01. The first-order valence-electron chi connectivity index (χ1n) is 4.54. The number of carbonyl (C=O) groups is 1. The number of rotatable bonds is 3. The highest BCUT2D eigenvalue weighted by atomic mass is 35.5. The number of halogens is 1. The SMILES string of the molecule is CC(N)C(=O)NC[C@@H]1C[C@@H](O)CN1.Cl. The maximum absolute atomic E-state index is 11.1. The van der Waals surface area contributed by atoms with Crippen LogP contribution >= 0.6 is 12.4 Å². The second-order valence-electron chi connectivity index (χ2n) is 3.53. The number of aliphatic hydroxyl groups excluding tert-OH is 1. The van der Waals surface area contributed by atoms with Crippen LogP contribution in [0.2, 0.25) is 0 Å². The number of aliphatic hydroxyl groups is 1. The number of carbonyl (C=O) groups excluding carboxylic acids is 1. The van der Waals surface area contributed by atoms with Gasteiger partial charge in [-0.3, -0.25) is 4.79 Å². The van der Waals surface area contributed by atoms with Gasteiger partial charge >= 0.3 is 0 Å². The Bertz CT molecular complexity index is 189. The summed E-state index contributed by atoms with van der Waals surface area (Å²) in [6, 6.07) is -0.288. The van der Waals surface area contributed by atoms with Crippen LogP contribution in [0.1, 0.15) is 13.3 Å². The fraction of sp³-hybridized carbons (Fsp3) is 0.875. The summed E-state index contributed by atoms with van der Waals surface area (Å²) in [6.45, 7) is 2.79. The Morgan fingerprint density at radius 2 is 2.43 bits per heavy atom. The molecule has 0 aliphatic carbocycles. The molecule has 0 radical (unpaired) electrons. The molecule has 1 aliphatic heterocycles. The molecule has 1 heterocycles. The lowest BCUT2D eigenvalue weighted by molar-refractivity contribution is -0.122. The van der Waals surface area contributed by atoms with Gasteiger partial charge in [-0.25, -0.2) is 0 Å². The number of β-amino-alcohol motifs (C(OH)–C–C–N with tert-alkyl or cyclic N) is 1. The molecule has 3 atom stereocenters. The molecule has 0 bridgehead atoms. The minimum atomic E-state index is -0.466. The van der Waals surface area contributed by atoms with Crippen molar-refractivity contribution >= 4 is 18.3 Å². The molecule has 0 aromatic carbocycles. The van der Waals surface area contributed by atoms with Crippen LogP contribution in [0.5, 0.6) is 0 Å². The fourth-order valence-electron chi connectivity index (χ4n) is 1.34. The standard InChI is InChI=1S/C8H17N3O2.ClH/c1-5(9)8(13)11-3-6-2-7(12)4-10-6;/h5-7,10,12H,2-4,9H2,1H3,(H,11,13);1H/t5?,6-,7+;/m0./s1. The van der Waals surface area contributed by atoms with Gasteiger partial charge in [0.15, 0.2) is 0 Å². The summed E-state index contributed by atoms with van der Waals surface area (Å²) < 4.78 is 0. The van der Waals surface area contributed by atoms with Crippen LogP contribution in [-0.2, 0) is 4.79 Å². The van der Waals surface area contributed by atoms with Gasteiger partial charge in [-0.15, -0.1) is 12.4 Å². The molecule has 1 unspecified atom stereocenters. The van der Waals surface area contributed by atoms with E-state index in [1.54, 1.807) is 6.92 Å². The van der Waals surface area contributed by atoms with Gasteiger partial charge in [0.1, 0.15) is 0 Å². The van der Waals surface area contributed by atoms with Gasteiger partial charge in [0, 0.05) is 19.1 Å². The van der Waals surface area contributed by atoms with Crippen molar-refractivity contribution in [1.29, 1.82) is 0 Å². The highest BCUT2D eigenvalue weighted by Gasteiger charge is 2.22. The van der Waals surface area contributed by atoms with Crippen molar-refractivity contribution in [1.82, 2.24) is 10.6 Å². The third kappa shape index (κ3) is 4.23. The molecule has 1 amide bonds. The largest absolute Gasteiger partial charge is 0.392 e. The lowest BCUT2D eigenvalue weighted by Crippen LogP contribution is -2.43. The topological polar surface area (TPSA) is 87.4 Å². The van der Waals surface area contributed by atoms with Gasteiger partial charge in [-0.2, -0.15) is 0 Å². The summed E-state index contributed by atoms with van der Waals surface area (Å²) in [6.07, 6.45) is 0.413.